The Hall–Kier alpha value is -3.38. The number of hydrogen-bond acceptors (Lipinski definition) is 4. The Bertz CT molecular complexity index is 945. The topological polar surface area (TPSA) is 78.9 Å². The van der Waals surface area contributed by atoms with Crippen LogP contribution in [0.2, 0.25) is 0 Å². The van der Waals surface area contributed by atoms with Crippen LogP contribution in [0.15, 0.2) is 72.0 Å². The normalized spacial score (nSPS) is 15.7. The minimum Gasteiger partial charge on any atom is -0.455 e. The summed E-state index contributed by atoms with van der Waals surface area (Å²) in [7, 11) is 0. The Morgan fingerprint density at radius 2 is 1.88 bits per heavy atom. The summed E-state index contributed by atoms with van der Waals surface area (Å²) in [5.74, 6) is 0.417. The zero-order valence-electron chi connectivity index (χ0n) is 13.8. The number of allylic oxidation sites excluding steroid dienone is 2. The van der Waals surface area contributed by atoms with Crippen LogP contribution in [0.1, 0.15) is 23.2 Å². The van der Waals surface area contributed by atoms with Gasteiger partial charge in [-0.2, -0.15) is 0 Å². The van der Waals surface area contributed by atoms with Gasteiger partial charge in [-0.25, -0.2) is 5.48 Å². The van der Waals surface area contributed by atoms with E-state index < -0.39 is 5.91 Å². The van der Waals surface area contributed by atoms with E-state index in [1.54, 1.807) is 34.6 Å². The molecular formula is C20H16N2O4. The van der Waals surface area contributed by atoms with Gasteiger partial charge in [0.2, 0.25) is 0 Å². The highest BCUT2D eigenvalue weighted by Crippen LogP contribution is 2.40. The molecule has 1 aliphatic carbocycles. The molecule has 0 aromatic heterocycles. The monoisotopic (exact) mass is 348 g/mol. The molecule has 0 fully saturated rings. The van der Waals surface area contributed by atoms with Gasteiger partial charge >= 0.3 is 0 Å². The van der Waals surface area contributed by atoms with Gasteiger partial charge in [0.05, 0.1) is 11.3 Å². The highest BCUT2D eigenvalue weighted by Gasteiger charge is 2.31. The number of fused-ring (bicyclic) bond motifs is 1. The third-order valence-electron chi connectivity index (χ3n) is 4.40. The second kappa shape index (κ2) is 6.50. The molecule has 0 radical (unpaired) electrons. The molecule has 0 atom stereocenters. The van der Waals surface area contributed by atoms with E-state index in [0.717, 1.165) is 6.42 Å². The molecule has 0 saturated carbocycles. The number of hydroxylamine groups is 1. The van der Waals surface area contributed by atoms with Crippen molar-refractivity contribution in [1.82, 2.24) is 5.48 Å². The van der Waals surface area contributed by atoms with Crippen LogP contribution in [0.4, 0.5) is 11.4 Å². The molecule has 1 heterocycles. The number of carbonyl (C=O) groups excluding carboxylic acids is 2. The lowest BCUT2D eigenvalue weighted by atomic mass is 10.0. The summed E-state index contributed by atoms with van der Waals surface area (Å²) in [5, 5.41) is 8.75. The average molecular weight is 348 g/mol. The van der Waals surface area contributed by atoms with E-state index >= 15 is 0 Å². The summed E-state index contributed by atoms with van der Waals surface area (Å²) in [6.07, 6.45) is 5.23. The third kappa shape index (κ3) is 2.66. The van der Waals surface area contributed by atoms with E-state index in [4.69, 9.17) is 9.94 Å². The molecule has 2 aromatic carbocycles. The number of hydrogen-bond donors (Lipinski definition) is 2. The standard InChI is InChI=1S/C20H16N2O4/c23-19(21-25)13-9-11-14(12-10-13)22-16-6-2-4-8-18(16)26-17-7-3-1-5-15(17)20(22)24/h2-4,6-12,25H,1,5H2,(H,21,23). The predicted molar refractivity (Wildman–Crippen MR) is 95.3 cm³/mol. The maximum Gasteiger partial charge on any atom is 0.274 e. The maximum atomic E-state index is 13.3. The van der Waals surface area contributed by atoms with Crippen LogP contribution in [0, 0.1) is 0 Å². The molecular weight excluding hydrogens is 332 g/mol. The van der Waals surface area contributed by atoms with Crippen molar-refractivity contribution in [2.24, 2.45) is 0 Å². The Morgan fingerprint density at radius 3 is 2.65 bits per heavy atom. The Labute approximate surface area is 150 Å². The van der Waals surface area contributed by atoms with Crippen molar-refractivity contribution < 1.29 is 19.5 Å². The summed E-state index contributed by atoms with van der Waals surface area (Å²) < 4.78 is 6.00. The first-order valence-corrected chi connectivity index (χ1v) is 8.24. The molecule has 0 bridgehead atoms. The van der Waals surface area contributed by atoms with Gasteiger partial charge < -0.3 is 4.74 Å². The predicted octanol–water partition coefficient (Wildman–Crippen LogP) is 3.47. The molecule has 6 heteroatoms. The maximum absolute atomic E-state index is 13.3. The van der Waals surface area contributed by atoms with Crippen molar-refractivity contribution in [1.29, 1.82) is 0 Å². The molecule has 2 amide bonds. The average Bonchev–Trinajstić information content (AvgIpc) is 2.81. The molecule has 0 spiro atoms. The van der Waals surface area contributed by atoms with Crippen LogP contribution in [0.25, 0.3) is 0 Å². The fourth-order valence-electron chi connectivity index (χ4n) is 3.12. The third-order valence-corrected chi connectivity index (χ3v) is 4.40. The molecule has 1 aliphatic heterocycles. The number of anilines is 2. The van der Waals surface area contributed by atoms with Gasteiger partial charge in [-0.3, -0.25) is 19.7 Å². The number of rotatable bonds is 2. The number of amides is 2. The molecule has 0 unspecified atom stereocenters. The van der Waals surface area contributed by atoms with Gasteiger partial charge in [-0.05, 0) is 55.3 Å². The zero-order valence-corrected chi connectivity index (χ0v) is 13.8. The van der Waals surface area contributed by atoms with E-state index in [1.165, 1.54) is 0 Å². The van der Waals surface area contributed by atoms with Crippen LogP contribution in [-0.4, -0.2) is 17.0 Å². The summed E-state index contributed by atoms with van der Waals surface area (Å²) in [6, 6.07) is 13.8. The lowest BCUT2D eigenvalue weighted by Crippen LogP contribution is -2.27. The fraction of sp³-hybridized carbons (Fsp3) is 0.100. The fourth-order valence-corrected chi connectivity index (χ4v) is 3.12. The van der Waals surface area contributed by atoms with Gasteiger partial charge in [0.1, 0.15) is 5.76 Å². The van der Waals surface area contributed by atoms with E-state index in [1.807, 2.05) is 36.4 Å². The number of nitrogens with zero attached hydrogens (tertiary/aromatic N) is 1. The molecule has 130 valence electrons. The number of nitrogens with one attached hydrogen (secondary N) is 1. The first-order chi connectivity index (χ1) is 12.7. The molecule has 26 heavy (non-hydrogen) atoms. The summed E-state index contributed by atoms with van der Waals surface area (Å²) in [6.45, 7) is 0. The Balaban J connectivity index is 1.83. The summed E-state index contributed by atoms with van der Waals surface area (Å²) in [5.41, 5.74) is 3.77. The molecule has 6 nitrogen and oxygen atoms in total. The van der Waals surface area contributed by atoms with Crippen molar-refractivity contribution in [3.63, 3.8) is 0 Å². The van der Waals surface area contributed by atoms with E-state index in [-0.39, 0.29) is 5.91 Å². The molecule has 2 N–H and O–H groups in total. The largest absolute Gasteiger partial charge is 0.455 e. The van der Waals surface area contributed by atoms with Crippen LogP contribution < -0.4 is 15.1 Å². The summed E-state index contributed by atoms with van der Waals surface area (Å²) >= 11 is 0. The molecule has 0 saturated heterocycles. The number of para-hydroxylation sites is 2. The first-order valence-electron chi connectivity index (χ1n) is 8.24. The van der Waals surface area contributed by atoms with E-state index in [0.29, 0.717) is 40.4 Å². The Morgan fingerprint density at radius 1 is 1.12 bits per heavy atom. The number of carbonyl (C=O) groups is 2. The molecule has 2 aromatic rings. The smallest absolute Gasteiger partial charge is 0.274 e. The van der Waals surface area contributed by atoms with Gasteiger partial charge in [0, 0.05) is 11.3 Å². The van der Waals surface area contributed by atoms with Crippen LogP contribution in [0.5, 0.6) is 5.75 Å². The SMILES string of the molecule is O=C(NO)c1ccc(N2C(=O)C3=C(C=CCC3)Oc3ccccc32)cc1. The first kappa shape index (κ1) is 16.1. The summed E-state index contributed by atoms with van der Waals surface area (Å²) in [4.78, 5) is 26.4. The van der Waals surface area contributed by atoms with Gasteiger partial charge in [-0.15, -0.1) is 0 Å². The highest BCUT2D eigenvalue weighted by atomic mass is 16.5. The van der Waals surface area contributed by atoms with Crippen molar-refractivity contribution in [2.45, 2.75) is 12.8 Å². The van der Waals surface area contributed by atoms with Crippen LogP contribution in [0.3, 0.4) is 0 Å². The van der Waals surface area contributed by atoms with E-state index in [9.17, 15) is 9.59 Å². The van der Waals surface area contributed by atoms with Gasteiger partial charge in [0.25, 0.3) is 11.8 Å². The lowest BCUT2D eigenvalue weighted by molar-refractivity contribution is -0.114. The van der Waals surface area contributed by atoms with Crippen LogP contribution >= 0.6 is 0 Å². The lowest BCUT2D eigenvalue weighted by Gasteiger charge is -2.23. The van der Waals surface area contributed by atoms with Crippen molar-refractivity contribution in [3.05, 3.63) is 77.6 Å². The Kier molecular flexibility index (Phi) is 4.02. The van der Waals surface area contributed by atoms with Crippen LogP contribution in [-0.2, 0) is 4.79 Å². The molecule has 2 aliphatic rings. The number of benzene rings is 2. The molecule has 4 rings (SSSR count). The van der Waals surface area contributed by atoms with Gasteiger partial charge in [-0.1, -0.05) is 18.2 Å². The second-order valence-corrected chi connectivity index (χ2v) is 5.98. The quantitative estimate of drug-likeness (QED) is 0.643. The second-order valence-electron chi connectivity index (χ2n) is 5.98. The van der Waals surface area contributed by atoms with E-state index in [2.05, 4.69) is 0 Å². The highest BCUT2D eigenvalue weighted by molar-refractivity contribution is 6.12. The minimum absolute atomic E-state index is 0.145. The number of ether oxygens (including phenoxy) is 1. The zero-order chi connectivity index (χ0) is 18.1. The van der Waals surface area contributed by atoms with Crippen molar-refractivity contribution >= 4 is 23.2 Å². The minimum atomic E-state index is -0.607. The van der Waals surface area contributed by atoms with Gasteiger partial charge in [0.15, 0.2) is 5.75 Å². The van der Waals surface area contributed by atoms with Crippen molar-refractivity contribution in [2.75, 3.05) is 4.90 Å². The van der Waals surface area contributed by atoms with Crippen molar-refractivity contribution in [3.8, 4) is 5.75 Å².